The molecule has 0 saturated heterocycles. The van der Waals surface area contributed by atoms with Gasteiger partial charge in [0.1, 0.15) is 0 Å². The van der Waals surface area contributed by atoms with Gasteiger partial charge in [-0.25, -0.2) is 0 Å². The summed E-state index contributed by atoms with van der Waals surface area (Å²) in [6.45, 7) is 4.25. The number of hydrogen-bond acceptors (Lipinski definition) is 3. The minimum Gasteiger partial charge on any atom is -0.397 e. The van der Waals surface area contributed by atoms with Crippen molar-refractivity contribution in [3.8, 4) is 0 Å². The van der Waals surface area contributed by atoms with Crippen LogP contribution in [0.25, 0.3) is 0 Å². The molecule has 1 aromatic rings. The second kappa shape index (κ2) is 6.22. The Kier molecular flexibility index (Phi) is 5.66. The summed E-state index contributed by atoms with van der Waals surface area (Å²) in [5.74, 6) is 4.97. The number of halogens is 3. The highest BCUT2D eigenvalue weighted by Gasteiger charge is 2.30. The molecule has 6 heteroatoms. The number of nitrogens with two attached hydrogens (primary N) is 2. The maximum Gasteiger partial charge on any atom is 0.416 e. The smallest absolute Gasteiger partial charge is 0.397 e. The van der Waals surface area contributed by atoms with Gasteiger partial charge in [-0.05, 0) is 18.2 Å². The lowest BCUT2D eigenvalue weighted by Gasteiger charge is -2.10. The molecule has 0 radical (unpaired) electrons. The van der Waals surface area contributed by atoms with Gasteiger partial charge in [-0.3, -0.25) is 5.84 Å². The molecular formula is C10H16F3N3. The van der Waals surface area contributed by atoms with Crippen LogP contribution in [-0.4, -0.2) is 0 Å². The molecule has 0 unspecified atom stereocenters. The van der Waals surface area contributed by atoms with E-state index in [4.69, 9.17) is 11.6 Å². The number of hydrogen-bond donors (Lipinski definition) is 3. The third-order valence-electron chi connectivity index (χ3n) is 1.54. The normalized spacial score (nSPS) is 10.4. The molecule has 0 bridgehead atoms. The Labute approximate surface area is 92.6 Å². The highest BCUT2D eigenvalue weighted by atomic mass is 19.4. The van der Waals surface area contributed by atoms with Crippen LogP contribution in [-0.2, 0) is 6.18 Å². The number of nitrogens with one attached hydrogen (secondary N) is 1. The van der Waals surface area contributed by atoms with E-state index >= 15 is 0 Å². The number of hydrazine groups is 1. The van der Waals surface area contributed by atoms with Crippen LogP contribution in [0.4, 0.5) is 24.5 Å². The van der Waals surface area contributed by atoms with Crippen molar-refractivity contribution in [3.63, 3.8) is 0 Å². The van der Waals surface area contributed by atoms with Crippen LogP contribution in [0.3, 0.4) is 0 Å². The van der Waals surface area contributed by atoms with E-state index in [1.165, 1.54) is 6.42 Å². The SMILES string of the molecule is CCC.NNc1cc(C(F)(F)F)ccc1N. The molecule has 0 spiro atoms. The number of nitrogen functional groups attached to an aromatic ring is 2. The molecule has 1 aromatic carbocycles. The van der Waals surface area contributed by atoms with E-state index < -0.39 is 11.7 Å². The predicted octanol–water partition coefficient (Wildman–Crippen LogP) is 2.99. The summed E-state index contributed by atoms with van der Waals surface area (Å²) in [4.78, 5) is 0. The van der Waals surface area contributed by atoms with Gasteiger partial charge in [0.2, 0.25) is 0 Å². The summed E-state index contributed by atoms with van der Waals surface area (Å²) >= 11 is 0. The Morgan fingerprint density at radius 2 is 1.75 bits per heavy atom. The van der Waals surface area contributed by atoms with E-state index in [1.54, 1.807) is 0 Å². The maximum absolute atomic E-state index is 12.1. The second-order valence-corrected chi connectivity index (χ2v) is 3.15. The van der Waals surface area contributed by atoms with E-state index in [1.807, 2.05) is 0 Å². The van der Waals surface area contributed by atoms with Crippen LogP contribution in [0.2, 0.25) is 0 Å². The fraction of sp³-hybridized carbons (Fsp3) is 0.400. The van der Waals surface area contributed by atoms with E-state index in [-0.39, 0.29) is 11.4 Å². The van der Waals surface area contributed by atoms with Gasteiger partial charge in [-0.15, -0.1) is 0 Å². The van der Waals surface area contributed by atoms with Crippen LogP contribution < -0.4 is 17.0 Å². The highest BCUT2D eigenvalue weighted by Crippen LogP contribution is 2.32. The first-order valence-electron chi connectivity index (χ1n) is 4.80. The molecule has 16 heavy (non-hydrogen) atoms. The second-order valence-electron chi connectivity index (χ2n) is 3.15. The van der Waals surface area contributed by atoms with E-state index in [0.29, 0.717) is 0 Å². The molecule has 5 N–H and O–H groups in total. The Hall–Kier alpha value is -1.43. The topological polar surface area (TPSA) is 64.1 Å². The zero-order valence-corrected chi connectivity index (χ0v) is 9.23. The van der Waals surface area contributed by atoms with Crippen molar-refractivity contribution in [3.05, 3.63) is 23.8 Å². The van der Waals surface area contributed by atoms with Crippen LogP contribution in [0.5, 0.6) is 0 Å². The van der Waals surface area contributed by atoms with Crippen molar-refractivity contribution in [2.45, 2.75) is 26.4 Å². The van der Waals surface area contributed by atoms with Crippen molar-refractivity contribution < 1.29 is 13.2 Å². The van der Waals surface area contributed by atoms with Crippen LogP contribution in [0.15, 0.2) is 18.2 Å². The average Bonchev–Trinajstić information content (AvgIpc) is 2.18. The number of rotatable bonds is 1. The molecule has 0 aliphatic heterocycles. The molecule has 0 amide bonds. The lowest BCUT2D eigenvalue weighted by molar-refractivity contribution is -0.137. The summed E-state index contributed by atoms with van der Waals surface area (Å²) in [5.41, 5.74) is 6.87. The summed E-state index contributed by atoms with van der Waals surface area (Å²) in [5, 5.41) is 0. The first kappa shape index (κ1) is 14.6. The van der Waals surface area contributed by atoms with Gasteiger partial charge in [0.05, 0.1) is 16.9 Å². The molecule has 3 nitrogen and oxygen atoms in total. The van der Waals surface area contributed by atoms with E-state index in [9.17, 15) is 13.2 Å². The van der Waals surface area contributed by atoms with E-state index in [2.05, 4.69) is 19.3 Å². The minimum atomic E-state index is -4.38. The number of benzene rings is 1. The first-order chi connectivity index (χ1) is 7.36. The van der Waals surface area contributed by atoms with Crippen molar-refractivity contribution in [2.75, 3.05) is 11.2 Å². The molecule has 0 saturated carbocycles. The molecule has 0 fully saturated rings. The predicted molar refractivity (Wildman–Crippen MR) is 59.6 cm³/mol. The van der Waals surface area contributed by atoms with Gasteiger partial charge in [-0.1, -0.05) is 20.3 Å². The van der Waals surface area contributed by atoms with E-state index in [0.717, 1.165) is 18.2 Å². The Balaban J connectivity index is 0.000000673. The zero-order chi connectivity index (χ0) is 12.8. The van der Waals surface area contributed by atoms with Gasteiger partial charge in [0, 0.05) is 0 Å². The fourth-order valence-corrected chi connectivity index (χ4v) is 0.858. The van der Waals surface area contributed by atoms with Crippen molar-refractivity contribution in [1.82, 2.24) is 0 Å². The van der Waals surface area contributed by atoms with Gasteiger partial charge in [0.15, 0.2) is 0 Å². The fourth-order valence-electron chi connectivity index (χ4n) is 0.858. The van der Waals surface area contributed by atoms with Crippen LogP contribution in [0, 0.1) is 0 Å². The monoisotopic (exact) mass is 235 g/mol. The molecular weight excluding hydrogens is 219 g/mol. The Morgan fingerprint density at radius 1 is 1.25 bits per heavy atom. The van der Waals surface area contributed by atoms with Crippen LogP contribution in [0.1, 0.15) is 25.8 Å². The van der Waals surface area contributed by atoms with Gasteiger partial charge in [-0.2, -0.15) is 13.2 Å². The zero-order valence-electron chi connectivity index (χ0n) is 9.23. The highest BCUT2D eigenvalue weighted by molar-refractivity contribution is 5.66. The standard InChI is InChI=1S/C7H8F3N3.C3H8/c8-7(9,10)4-1-2-5(11)6(3-4)13-12;1-3-2/h1-3,13H,11-12H2;3H2,1-2H3. The molecule has 0 aliphatic rings. The lowest BCUT2D eigenvalue weighted by Crippen LogP contribution is -2.12. The van der Waals surface area contributed by atoms with Crippen molar-refractivity contribution in [2.24, 2.45) is 5.84 Å². The Bertz CT molecular complexity index is 324. The average molecular weight is 235 g/mol. The van der Waals surface area contributed by atoms with Crippen LogP contribution >= 0.6 is 0 Å². The van der Waals surface area contributed by atoms with Gasteiger partial charge in [0.25, 0.3) is 0 Å². The summed E-state index contributed by atoms with van der Waals surface area (Å²) < 4.78 is 36.4. The molecule has 0 aliphatic carbocycles. The third kappa shape index (κ3) is 4.39. The molecule has 0 atom stereocenters. The molecule has 0 aromatic heterocycles. The number of alkyl halides is 3. The molecule has 1 rings (SSSR count). The summed E-state index contributed by atoms with van der Waals surface area (Å²) in [7, 11) is 0. The molecule has 0 heterocycles. The van der Waals surface area contributed by atoms with Gasteiger partial charge < -0.3 is 11.2 Å². The molecule has 92 valence electrons. The first-order valence-corrected chi connectivity index (χ1v) is 4.80. The number of anilines is 2. The quantitative estimate of drug-likeness (QED) is 0.398. The van der Waals surface area contributed by atoms with Gasteiger partial charge >= 0.3 is 6.18 Å². The summed E-state index contributed by atoms with van der Waals surface area (Å²) in [6.07, 6.45) is -3.13. The Morgan fingerprint density at radius 3 is 2.12 bits per heavy atom. The van der Waals surface area contributed by atoms with Crippen molar-refractivity contribution >= 4 is 11.4 Å². The van der Waals surface area contributed by atoms with Crippen molar-refractivity contribution in [1.29, 1.82) is 0 Å². The minimum absolute atomic E-state index is 0.0647. The lowest BCUT2D eigenvalue weighted by atomic mass is 10.1. The maximum atomic E-state index is 12.1. The summed E-state index contributed by atoms with van der Waals surface area (Å²) in [6, 6.07) is 2.91. The largest absolute Gasteiger partial charge is 0.416 e. The third-order valence-corrected chi connectivity index (χ3v) is 1.54.